The van der Waals surface area contributed by atoms with Gasteiger partial charge < -0.3 is 14.7 Å². The Morgan fingerprint density at radius 1 is 1.22 bits per heavy atom. The molecule has 1 aromatic carbocycles. The van der Waals surface area contributed by atoms with Crippen molar-refractivity contribution in [3.8, 4) is 5.75 Å². The van der Waals surface area contributed by atoms with E-state index in [4.69, 9.17) is 17.0 Å². The van der Waals surface area contributed by atoms with Crippen molar-refractivity contribution in [3.05, 3.63) is 29.8 Å². The molecule has 1 atom stereocenters. The van der Waals surface area contributed by atoms with E-state index in [-0.39, 0.29) is 17.2 Å². The van der Waals surface area contributed by atoms with Gasteiger partial charge in [-0.1, -0.05) is 38.2 Å². The number of hydrogen-bond donors (Lipinski definition) is 1. The van der Waals surface area contributed by atoms with E-state index < -0.39 is 12.0 Å². The second-order valence-electron chi connectivity index (χ2n) is 7.95. The second-order valence-corrected chi connectivity index (χ2v) is 8.53. The Kier molecular flexibility index (Phi) is 6.98. The van der Waals surface area contributed by atoms with Gasteiger partial charge in [-0.3, -0.25) is 4.79 Å². The fraction of sp³-hybridized carbons (Fsp3) is 0.571. The maximum absolute atomic E-state index is 12.7. The van der Waals surface area contributed by atoms with Gasteiger partial charge in [0.25, 0.3) is 0 Å². The number of hydrogen-bond acceptors (Lipinski definition) is 4. The fourth-order valence-electron chi connectivity index (χ4n) is 3.54. The number of carboxylic acids is 1. The number of carbonyl (C=O) groups excluding carboxylic acids is 1. The van der Waals surface area contributed by atoms with Crippen molar-refractivity contribution in [2.45, 2.75) is 52.0 Å². The Balaban J connectivity index is 1.93. The standard InChI is InChI=1S/C21H29NO4S/c1-14(2)19(20(24)25)22(3)18(23)13-21(9-10-21)12-17(27)11-15-5-7-16(26-4)8-6-15/h5-8,14,19H,9-13H2,1-4H3,(H,24,25)/t19-/m0/s1. The molecule has 0 aliphatic heterocycles. The van der Waals surface area contributed by atoms with Crippen LogP contribution in [0.1, 0.15) is 45.1 Å². The van der Waals surface area contributed by atoms with Crippen LogP contribution in [-0.4, -0.2) is 46.9 Å². The van der Waals surface area contributed by atoms with Gasteiger partial charge in [-0.05, 0) is 53.2 Å². The number of aliphatic carboxylic acids is 1. The zero-order chi connectivity index (χ0) is 20.2. The summed E-state index contributed by atoms with van der Waals surface area (Å²) in [7, 11) is 3.23. The molecule has 1 fully saturated rings. The summed E-state index contributed by atoms with van der Waals surface area (Å²) in [6.45, 7) is 3.64. The third-order valence-electron chi connectivity index (χ3n) is 5.31. The summed E-state index contributed by atoms with van der Waals surface area (Å²) in [6, 6.07) is 7.05. The summed E-state index contributed by atoms with van der Waals surface area (Å²) in [5.41, 5.74) is 1.04. The average Bonchev–Trinajstić information content (AvgIpc) is 3.33. The van der Waals surface area contributed by atoms with Crippen molar-refractivity contribution < 1.29 is 19.4 Å². The van der Waals surface area contributed by atoms with Crippen LogP contribution in [0.15, 0.2) is 24.3 Å². The van der Waals surface area contributed by atoms with Crippen LogP contribution in [-0.2, 0) is 16.0 Å². The first-order valence-corrected chi connectivity index (χ1v) is 9.71. The predicted octanol–water partition coefficient (Wildman–Crippen LogP) is 3.74. The smallest absolute Gasteiger partial charge is 0.326 e. The Bertz CT molecular complexity index is 695. The number of thiocarbonyl (C=S) groups is 1. The molecule has 0 saturated heterocycles. The lowest BCUT2D eigenvalue weighted by Gasteiger charge is -2.29. The van der Waals surface area contributed by atoms with Gasteiger partial charge >= 0.3 is 5.97 Å². The minimum absolute atomic E-state index is 0.0884. The van der Waals surface area contributed by atoms with E-state index in [1.54, 1.807) is 14.2 Å². The number of nitrogens with zero attached hydrogens (tertiary/aromatic N) is 1. The molecule has 1 aromatic rings. The maximum atomic E-state index is 12.7. The normalized spacial score (nSPS) is 15.9. The fourth-order valence-corrected chi connectivity index (χ4v) is 4.02. The van der Waals surface area contributed by atoms with Crippen molar-refractivity contribution >= 4 is 29.0 Å². The summed E-state index contributed by atoms with van der Waals surface area (Å²) in [4.78, 5) is 26.5. The molecule has 27 heavy (non-hydrogen) atoms. The lowest BCUT2D eigenvalue weighted by atomic mass is 9.92. The number of ether oxygens (including phenoxy) is 1. The van der Waals surface area contributed by atoms with Crippen molar-refractivity contribution in [3.63, 3.8) is 0 Å². The highest BCUT2D eigenvalue weighted by molar-refractivity contribution is 7.80. The number of likely N-dealkylation sites (N-methyl/N-ethyl adjacent to an activating group) is 1. The summed E-state index contributed by atoms with van der Waals surface area (Å²) in [5, 5.41) is 9.40. The molecule has 148 valence electrons. The summed E-state index contributed by atoms with van der Waals surface area (Å²) in [5.74, 6) is -0.389. The summed E-state index contributed by atoms with van der Waals surface area (Å²) < 4.78 is 5.17. The minimum Gasteiger partial charge on any atom is -0.497 e. The third kappa shape index (κ3) is 5.76. The largest absolute Gasteiger partial charge is 0.497 e. The van der Waals surface area contributed by atoms with Crippen molar-refractivity contribution in [1.82, 2.24) is 4.90 Å². The molecule has 2 rings (SSSR count). The van der Waals surface area contributed by atoms with Crippen LogP contribution in [0, 0.1) is 11.3 Å². The SMILES string of the molecule is COc1ccc(CC(=S)CC2(CC(=O)N(C)[C@H](C(=O)O)C(C)C)CC2)cc1. The van der Waals surface area contributed by atoms with Gasteiger partial charge in [0.2, 0.25) is 5.91 Å². The lowest BCUT2D eigenvalue weighted by molar-refractivity contribution is -0.151. The number of methoxy groups -OCH3 is 1. The van der Waals surface area contributed by atoms with Crippen LogP contribution in [0.25, 0.3) is 0 Å². The van der Waals surface area contributed by atoms with Gasteiger partial charge in [0.1, 0.15) is 11.8 Å². The topological polar surface area (TPSA) is 66.8 Å². The molecule has 0 unspecified atom stereocenters. The van der Waals surface area contributed by atoms with Gasteiger partial charge in [-0.25, -0.2) is 4.79 Å². The van der Waals surface area contributed by atoms with Crippen LogP contribution in [0.2, 0.25) is 0 Å². The van der Waals surface area contributed by atoms with Crippen LogP contribution in [0.4, 0.5) is 0 Å². The zero-order valence-electron chi connectivity index (χ0n) is 16.5. The minimum atomic E-state index is -0.958. The lowest BCUT2D eigenvalue weighted by Crippen LogP contribution is -2.46. The molecule has 1 saturated carbocycles. The highest BCUT2D eigenvalue weighted by atomic mass is 32.1. The molecule has 6 heteroatoms. The Hall–Kier alpha value is -1.95. The molecule has 0 spiro atoms. The van der Waals surface area contributed by atoms with E-state index in [2.05, 4.69) is 0 Å². The van der Waals surface area contributed by atoms with E-state index in [0.717, 1.165) is 35.4 Å². The first-order valence-electron chi connectivity index (χ1n) is 9.30. The quantitative estimate of drug-likeness (QED) is 0.616. The van der Waals surface area contributed by atoms with E-state index in [9.17, 15) is 14.7 Å². The predicted molar refractivity (Wildman–Crippen MR) is 109 cm³/mol. The molecule has 0 heterocycles. The molecular weight excluding hydrogens is 362 g/mol. The van der Waals surface area contributed by atoms with Crippen LogP contribution in [0.3, 0.4) is 0 Å². The highest BCUT2D eigenvalue weighted by Gasteiger charge is 2.46. The van der Waals surface area contributed by atoms with E-state index in [0.29, 0.717) is 12.8 Å². The van der Waals surface area contributed by atoms with E-state index in [1.807, 2.05) is 38.1 Å². The molecule has 1 aliphatic carbocycles. The maximum Gasteiger partial charge on any atom is 0.326 e. The number of carboxylic acid groups (broad SMARTS) is 1. The van der Waals surface area contributed by atoms with E-state index in [1.165, 1.54) is 4.90 Å². The Morgan fingerprint density at radius 3 is 2.26 bits per heavy atom. The van der Waals surface area contributed by atoms with Gasteiger partial charge in [0, 0.05) is 19.9 Å². The highest BCUT2D eigenvalue weighted by Crippen LogP contribution is 2.52. The zero-order valence-corrected chi connectivity index (χ0v) is 17.3. The first kappa shape index (κ1) is 21.4. The van der Waals surface area contributed by atoms with Gasteiger partial charge in [-0.2, -0.15) is 0 Å². The van der Waals surface area contributed by atoms with Crippen molar-refractivity contribution in [2.75, 3.05) is 14.2 Å². The molecule has 0 bridgehead atoms. The number of amides is 1. The molecular formula is C21H29NO4S. The van der Waals surface area contributed by atoms with Crippen LogP contribution < -0.4 is 4.74 Å². The first-order chi connectivity index (χ1) is 12.7. The number of carbonyl (C=O) groups is 2. The van der Waals surface area contributed by atoms with Crippen molar-refractivity contribution in [2.24, 2.45) is 11.3 Å². The van der Waals surface area contributed by atoms with Crippen LogP contribution >= 0.6 is 12.2 Å². The Morgan fingerprint density at radius 2 is 1.81 bits per heavy atom. The molecule has 0 aromatic heterocycles. The van der Waals surface area contributed by atoms with Crippen LogP contribution in [0.5, 0.6) is 5.75 Å². The van der Waals surface area contributed by atoms with Crippen molar-refractivity contribution in [1.29, 1.82) is 0 Å². The molecule has 5 nitrogen and oxygen atoms in total. The molecule has 1 aliphatic rings. The number of rotatable bonds is 10. The summed E-state index contributed by atoms with van der Waals surface area (Å²) >= 11 is 5.59. The average molecular weight is 392 g/mol. The molecule has 1 amide bonds. The van der Waals surface area contributed by atoms with Gasteiger partial charge in [0.15, 0.2) is 0 Å². The number of benzene rings is 1. The monoisotopic (exact) mass is 391 g/mol. The molecule has 1 N–H and O–H groups in total. The van der Waals surface area contributed by atoms with Gasteiger partial charge in [0.05, 0.1) is 7.11 Å². The summed E-state index contributed by atoms with van der Waals surface area (Å²) in [6.07, 6.45) is 3.73. The Labute approximate surface area is 166 Å². The third-order valence-corrected chi connectivity index (χ3v) is 5.60. The van der Waals surface area contributed by atoms with Gasteiger partial charge in [-0.15, -0.1) is 0 Å². The molecule has 0 radical (unpaired) electrons. The van der Waals surface area contributed by atoms with E-state index >= 15 is 0 Å². The second kappa shape index (κ2) is 8.83.